The van der Waals surface area contributed by atoms with Gasteiger partial charge in [0, 0.05) is 44.1 Å². The summed E-state index contributed by atoms with van der Waals surface area (Å²) in [5.41, 5.74) is 1.37. The molecule has 4 rings (SSSR count). The van der Waals surface area contributed by atoms with Gasteiger partial charge in [-0.1, -0.05) is 36.4 Å². The molecule has 1 fully saturated rings. The van der Waals surface area contributed by atoms with Crippen LogP contribution >= 0.6 is 0 Å². The normalized spacial score (nSPS) is 14.2. The lowest BCUT2D eigenvalue weighted by Gasteiger charge is -2.35. The second-order valence-electron chi connectivity index (χ2n) is 6.43. The Hall–Kier alpha value is -3.41. The van der Waals surface area contributed by atoms with E-state index in [4.69, 9.17) is 0 Å². The maximum atomic E-state index is 13.1. The highest BCUT2D eigenvalue weighted by atomic mass is 16.2. The second kappa shape index (κ2) is 7.45. The van der Waals surface area contributed by atoms with E-state index in [0.29, 0.717) is 31.7 Å². The van der Waals surface area contributed by atoms with Crippen LogP contribution in [0.5, 0.6) is 0 Å². The van der Waals surface area contributed by atoms with Crippen molar-refractivity contribution in [3.05, 3.63) is 82.9 Å². The number of rotatable bonds is 3. The highest BCUT2D eigenvalue weighted by molar-refractivity contribution is 6.00. The predicted octanol–water partition coefficient (Wildman–Crippen LogP) is 2.40. The van der Waals surface area contributed by atoms with Gasteiger partial charge >= 0.3 is 0 Å². The lowest BCUT2D eigenvalue weighted by molar-refractivity contribution is 0.0745. The fourth-order valence-electron chi connectivity index (χ4n) is 3.39. The maximum Gasteiger partial charge on any atom is 0.261 e. The monoisotopic (exact) mass is 360 g/mol. The molecule has 0 aliphatic carbocycles. The van der Waals surface area contributed by atoms with Crippen molar-refractivity contribution in [2.24, 2.45) is 0 Å². The number of hydrogen-bond donors (Lipinski definition) is 1. The van der Waals surface area contributed by atoms with Crippen molar-refractivity contribution < 1.29 is 4.79 Å². The average Bonchev–Trinajstić information content (AvgIpc) is 2.74. The third kappa shape index (κ3) is 3.46. The SMILES string of the molecule is O=C(c1c(-c2ccccc2)cc[nH]c1=O)N1CCN(c2ccccn2)CC1. The van der Waals surface area contributed by atoms with Gasteiger partial charge in [-0.2, -0.15) is 0 Å². The third-order valence-electron chi connectivity index (χ3n) is 4.80. The minimum absolute atomic E-state index is 0.204. The van der Waals surface area contributed by atoms with E-state index in [2.05, 4.69) is 14.9 Å². The van der Waals surface area contributed by atoms with Gasteiger partial charge in [0.15, 0.2) is 0 Å². The molecular formula is C21H20N4O2. The van der Waals surface area contributed by atoms with Crippen LogP contribution in [-0.2, 0) is 0 Å². The molecule has 1 aliphatic heterocycles. The number of pyridine rings is 2. The van der Waals surface area contributed by atoms with Crippen LogP contribution in [0.2, 0.25) is 0 Å². The molecule has 0 radical (unpaired) electrons. The smallest absolute Gasteiger partial charge is 0.261 e. The van der Waals surface area contributed by atoms with Crippen LogP contribution in [-0.4, -0.2) is 47.0 Å². The number of H-pyrrole nitrogens is 1. The highest BCUT2D eigenvalue weighted by Gasteiger charge is 2.26. The summed E-state index contributed by atoms with van der Waals surface area (Å²) in [5.74, 6) is 0.684. The maximum absolute atomic E-state index is 13.1. The quantitative estimate of drug-likeness (QED) is 0.779. The lowest BCUT2D eigenvalue weighted by atomic mass is 10.0. The molecular weight excluding hydrogens is 340 g/mol. The lowest BCUT2D eigenvalue weighted by Crippen LogP contribution is -2.50. The van der Waals surface area contributed by atoms with Crippen molar-refractivity contribution in [3.63, 3.8) is 0 Å². The van der Waals surface area contributed by atoms with Gasteiger partial charge in [-0.3, -0.25) is 9.59 Å². The molecule has 1 aromatic carbocycles. The number of nitrogens with zero attached hydrogens (tertiary/aromatic N) is 3. The molecule has 0 atom stereocenters. The number of aromatic nitrogens is 2. The summed E-state index contributed by atoms with van der Waals surface area (Å²) in [6.07, 6.45) is 3.35. The van der Waals surface area contributed by atoms with Crippen molar-refractivity contribution in [1.82, 2.24) is 14.9 Å². The first-order valence-electron chi connectivity index (χ1n) is 8.96. The van der Waals surface area contributed by atoms with Gasteiger partial charge < -0.3 is 14.8 Å². The van der Waals surface area contributed by atoms with Crippen LogP contribution in [0.1, 0.15) is 10.4 Å². The Kier molecular flexibility index (Phi) is 4.70. The zero-order chi connectivity index (χ0) is 18.6. The molecule has 2 aromatic heterocycles. The zero-order valence-corrected chi connectivity index (χ0v) is 14.8. The van der Waals surface area contributed by atoms with Gasteiger partial charge in [0.05, 0.1) is 0 Å². The van der Waals surface area contributed by atoms with E-state index in [9.17, 15) is 9.59 Å². The van der Waals surface area contributed by atoms with Crippen molar-refractivity contribution in [2.75, 3.05) is 31.1 Å². The summed E-state index contributed by atoms with van der Waals surface area (Å²) in [6, 6.07) is 17.1. The molecule has 0 bridgehead atoms. The standard InChI is InChI=1S/C21H20N4O2/c26-20-19(17(9-11-23-20)16-6-2-1-3-7-16)21(27)25-14-12-24(13-15-25)18-8-4-5-10-22-18/h1-11H,12-15H2,(H,23,26). The van der Waals surface area contributed by atoms with Crippen LogP contribution in [0.4, 0.5) is 5.82 Å². The van der Waals surface area contributed by atoms with Crippen LogP contribution in [0, 0.1) is 0 Å². The molecule has 6 nitrogen and oxygen atoms in total. The van der Waals surface area contributed by atoms with Crippen LogP contribution in [0.25, 0.3) is 11.1 Å². The van der Waals surface area contributed by atoms with Crippen LogP contribution < -0.4 is 10.5 Å². The van der Waals surface area contributed by atoms with Gasteiger partial charge in [0.1, 0.15) is 11.4 Å². The second-order valence-corrected chi connectivity index (χ2v) is 6.43. The molecule has 3 aromatic rings. The molecule has 0 spiro atoms. The number of aromatic amines is 1. The third-order valence-corrected chi connectivity index (χ3v) is 4.80. The fourth-order valence-corrected chi connectivity index (χ4v) is 3.39. The van der Waals surface area contributed by atoms with E-state index < -0.39 is 0 Å². The predicted molar refractivity (Wildman–Crippen MR) is 105 cm³/mol. The molecule has 1 amide bonds. The molecule has 0 unspecified atom stereocenters. The number of amides is 1. The first-order valence-corrected chi connectivity index (χ1v) is 8.96. The Morgan fingerprint density at radius 2 is 1.67 bits per heavy atom. The molecule has 27 heavy (non-hydrogen) atoms. The van der Waals surface area contributed by atoms with Gasteiger partial charge in [0.25, 0.3) is 11.5 Å². The van der Waals surface area contributed by atoms with E-state index in [1.54, 1.807) is 23.4 Å². The Labute approximate surface area is 157 Å². The Bertz CT molecular complexity index is 978. The number of piperazine rings is 1. The van der Waals surface area contributed by atoms with E-state index in [0.717, 1.165) is 11.4 Å². The molecule has 1 aliphatic rings. The Balaban J connectivity index is 1.57. The van der Waals surface area contributed by atoms with E-state index in [1.165, 1.54) is 0 Å². The molecule has 136 valence electrons. The first kappa shape index (κ1) is 17.0. The van der Waals surface area contributed by atoms with Gasteiger partial charge in [-0.15, -0.1) is 0 Å². The molecule has 1 N–H and O–H groups in total. The van der Waals surface area contributed by atoms with Crippen molar-refractivity contribution in [1.29, 1.82) is 0 Å². The van der Waals surface area contributed by atoms with Gasteiger partial charge in [-0.25, -0.2) is 4.98 Å². The van der Waals surface area contributed by atoms with Gasteiger partial charge in [-0.05, 0) is 23.8 Å². The number of hydrogen-bond acceptors (Lipinski definition) is 4. The summed E-state index contributed by atoms with van der Waals surface area (Å²) in [5, 5.41) is 0. The highest BCUT2D eigenvalue weighted by Crippen LogP contribution is 2.22. The van der Waals surface area contributed by atoms with Crippen molar-refractivity contribution in [3.8, 4) is 11.1 Å². The molecule has 3 heterocycles. The number of carbonyl (C=O) groups excluding carboxylic acids is 1. The van der Waals surface area contributed by atoms with Crippen LogP contribution in [0.15, 0.2) is 71.8 Å². The minimum atomic E-state index is -0.353. The van der Waals surface area contributed by atoms with Crippen molar-refractivity contribution >= 4 is 11.7 Å². The average molecular weight is 360 g/mol. The van der Waals surface area contributed by atoms with Crippen molar-refractivity contribution in [2.45, 2.75) is 0 Å². The number of anilines is 1. The van der Waals surface area contributed by atoms with E-state index in [-0.39, 0.29) is 17.0 Å². The molecule has 6 heteroatoms. The summed E-state index contributed by atoms with van der Waals surface area (Å²) < 4.78 is 0. The Morgan fingerprint density at radius 1 is 0.926 bits per heavy atom. The number of benzene rings is 1. The van der Waals surface area contributed by atoms with Crippen LogP contribution in [0.3, 0.4) is 0 Å². The fraction of sp³-hybridized carbons (Fsp3) is 0.190. The van der Waals surface area contributed by atoms with E-state index in [1.807, 2.05) is 48.5 Å². The largest absolute Gasteiger partial charge is 0.353 e. The summed E-state index contributed by atoms with van der Waals surface area (Å²) >= 11 is 0. The molecule has 1 saturated heterocycles. The summed E-state index contributed by atoms with van der Waals surface area (Å²) in [6.45, 7) is 2.48. The van der Waals surface area contributed by atoms with E-state index >= 15 is 0 Å². The zero-order valence-electron chi connectivity index (χ0n) is 14.8. The first-order chi connectivity index (χ1) is 13.2. The summed E-state index contributed by atoms with van der Waals surface area (Å²) in [7, 11) is 0. The number of carbonyl (C=O) groups is 1. The van der Waals surface area contributed by atoms with Gasteiger partial charge in [0.2, 0.25) is 0 Å². The number of nitrogens with one attached hydrogen (secondary N) is 1. The minimum Gasteiger partial charge on any atom is -0.353 e. The summed E-state index contributed by atoms with van der Waals surface area (Å²) in [4.78, 5) is 36.5. The Morgan fingerprint density at radius 3 is 2.37 bits per heavy atom. The molecule has 0 saturated carbocycles. The topological polar surface area (TPSA) is 69.3 Å².